The molecule has 9 heteroatoms. The van der Waals surface area contributed by atoms with Gasteiger partial charge < -0.3 is 15.1 Å². The van der Waals surface area contributed by atoms with Crippen molar-refractivity contribution in [3.05, 3.63) is 88.9 Å². The number of para-hydroxylation sites is 1. The Morgan fingerprint density at radius 3 is 2.52 bits per heavy atom. The Morgan fingerprint density at radius 2 is 1.73 bits per heavy atom. The Hall–Kier alpha value is -3.62. The van der Waals surface area contributed by atoms with Crippen LogP contribution in [-0.4, -0.2) is 27.8 Å². The summed E-state index contributed by atoms with van der Waals surface area (Å²) in [5.74, 6) is -0.146. The van der Waals surface area contributed by atoms with Crippen LogP contribution in [0.5, 0.6) is 0 Å². The van der Waals surface area contributed by atoms with E-state index in [1.807, 2.05) is 25.1 Å². The minimum absolute atomic E-state index is 0.0829. The maximum absolute atomic E-state index is 12.5. The molecule has 0 aliphatic carbocycles. The van der Waals surface area contributed by atoms with Crippen LogP contribution in [0, 0.1) is 6.92 Å². The van der Waals surface area contributed by atoms with Crippen LogP contribution in [0.1, 0.15) is 15.9 Å². The van der Waals surface area contributed by atoms with Crippen LogP contribution < -0.4 is 10.6 Å². The number of aryl methyl sites for hydroxylation is 1. The zero-order valence-corrected chi connectivity index (χ0v) is 19.1. The highest BCUT2D eigenvalue weighted by molar-refractivity contribution is 7.99. The zero-order valence-electron chi connectivity index (χ0n) is 17.5. The number of thioether (sulfide) groups is 1. The van der Waals surface area contributed by atoms with Crippen LogP contribution in [0.2, 0.25) is 5.02 Å². The standard InChI is InChI=1S/C24H19ClN4O3S/c1-15-11-12-17(13-19(15)25)26-21(30)14-33-24-29-28-23(32-24)18-9-5-6-10-20(18)27-22(31)16-7-3-2-4-8-16/h2-13H,14H2,1H3,(H,26,30)(H,27,31). The summed E-state index contributed by atoms with van der Waals surface area (Å²) in [6, 6.07) is 21.4. The first kappa shape index (κ1) is 22.6. The molecule has 1 aromatic heterocycles. The summed E-state index contributed by atoms with van der Waals surface area (Å²) >= 11 is 7.21. The zero-order chi connectivity index (χ0) is 23.2. The average Bonchev–Trinajstić information content (AvgIpc) is 3.30. The number of carbonyl (C=O) groups is 2. The molecule has 0 aliphatic rings. The third kappa shape index (κ3) is 5.79. The molecule has 1 heterocycles. The van der Waals surface area contributed by atoms with Crippen molar-refractivity contribution in [1.82, 2.24) is 10.2 Å². The van der Waals surface area contributed by atoms with Crippen molar-refractivity contribution in [1.29, 1.82) is 0 Å². The number of benzene rings is 3. The minimum atomic E-state index is -0.245. The van der Waals surface area contributed by atoms with Gasteiger partial charge in [0, 0.05) is 16.3 Å². The summed E-state index contributed by atoms with van der Waals surface area (Å²) in [6.07, 6.45) is 0. The van der Waals surface area contributed by atoms with Gasteiger partial charge in [-0.25, -0.2) is 0 Å². The molecule has 0 atom stereocenters. The summed E-state index contributed by atoms with van der Waals surface area (Å²) in [7, 11) is 0. The molecule has 4 aromatic rings. The molecule has 0 aliphatic heterocycles. The molecule has 0 saturated heterocycles. The molecule has 0 saturated carbocycles. The molecule has 0 bridgehead atoms. The third-order valence-electron chi connectivity index (χ3n) is 4.63. The first-order valence-corrected chi connectivity index (χ1v) is 11.3. The van der Waals surface area contributed by atoms with E-state index in [9.17, 15) is 9.59 Å². The van der Waals surface area contributed by atoms with E-state index in [-0.39, 0.29) is 28.7 Å². The number of anilines is 2. The Bertz CT molecular complexity index is 1290. The Balaban J connectivity index is 1.40. The monoisotopic (exact) mass is 478 g/mol. The van der Waals surface area contributed by atoms with Crippen molar-refractivity contribution >= 4 is 46.6 Å². The van der Waals surface area contributed by atoms with Crippen LogP contribution in [0.25, 0.3) is 11.5 Å². The number of halogens is 1. The van der Waals surface area contributed by atoms with Crippen molar-refractivity contribution in [2.45, 2.75) is 12.1 Å². The number of amides is 2. The number of aromatic nitrogens is 2. The van der Waals surface area contributed by atoms with Gasteiger partial charge in [0.15, 0.2) is 0 Å². The Morgan fingerprint density at radius 1 is 0.970 bits per heavy atom. The van der Waals surface area contributed by atoms with E-state index >= 15 is 0 Å². The van der Waals surface area contributed by atoms with Crippen molar-refractivity contribution in [2.75, 3.05) is 16.4 Å². The number of nitrogens with zero attached hydrogens (tertiary/aromatic N) is 2. The number of hydrogen-bond donors (Lipinski definition) is 2. The van der Waals surface area contributed by atoms with E-state index in [1.54, 1.807) is 54.6 Å². The molecule has 2 amide bonds. The van der Waals surface area contributed by atoms with Crippen molar-refractivity contribution in [3.63, 3.8) is 0 Å². The van der Waals surface area contributed by atoms with Gasteiger partial charge in [0.05, 0.1) is 17.0 Å². The molecular weight excluding hydrogens is 460 g/mol. The van der Waals surface area contributed by atoms with Crippen LogP contribution in [0.15, 0.2) is 82.4 Å². The lowest BCUT2D eigenvalue weighted by Crippen LogP contribution is -2.14. The van der Waals surface area contributed by atoms with Crippen molar-refractivity contribution in [3.8, 4) is 11.5 Å². The maximum Gasteiger partial charge on any atom is 0.277 e. The van der Waals surface area contributed by atoms with Gasteiger partial charge in [0.2, 0.25) is 5.91 Å². The van der Waals surface area contributed by atoms with E-state index in [2.05, 4.69) is 20.8 Å². The largest absolute Gasteiger partial charge is 0.411 e. The number of rotatable bonds is 7. The lowest BCUT2D eigenvalue weighted by Gasteiger charge is -2.08. The smallest absolute Gasteiger partial charge is 0.277 e. The van der Waals surface area contributed by atoms with E-state index in [0.29, 0.717) is 27.5 Å². The second-order valence-electron chi connectivity index (χ2n) is 7.04. The molecule has 33 heavy (non-hydrogen) atoms. The highest BCUT2D eigenvalue weighted by Crippen LogP contribution is 2.29. The highest BCUT2D eigenvalue weighted by atomic mass is 35.5. The average molecular weight is 479 g/mol. The molecule has 4 rings (SSSR count). The quantitative estimate of drug-likeness (QED) is 0.331. The molecule has 166 valence electrons. The molecule has 0 spiro atoms. The lowest BCUT2D eigenvalue weighted by molar-refractivity contribution is -0.113. The van der Waals surface area contributed by atoms with Crippen molar-refractivity contribution < 1.29 is 14.0 Å². The molecular formula is C24H19ClN4O3S. The molecule has 0 fully saturated rings. The molecule has 2 N–H and O–H groups in total. The first-order chi connectivity index (χ1) is 16.0. The predicted octanol–water partition coefficient (Wildman–Crippen LogP) is 5.68. The fourth-order valence-electron chi connectivity index (χ4n) is 2.93. The summed E-state index contributed by atoms with van der Waals surface area (Å²) in [5, 5.41) is 14.6. The second kappa shape index (κ2) is 10.3. The predicted molar refractivity (Wildman–Crippen MR) is 130 cm³/mol. The first-order valence-electron chi connectivity index (χ1n) is 9.98. The maximum atomic E-state index is 12.5. The lowest BCUT2D eigenvalue weighted by atomic mass is 10.1. The van der Waals surface area contributed by atoms with Gasteiger partial charge in [-0.3, -0.25) is 9.59 Å². The van der Waals surface area contributed by atoms with Gasteiger partial charge in [0.25, 0.3) is 17.0 Å². The van der Waals surface area contributed by atoms with Gasteiger partial charge in [-0.05, 0) is 48.9 Å². The summed E-state index contributed by atoms with van der Waals surface area (Å²) < 4.78 is 5.72. The highest BCUT2D eigenvalue weighted by Gasteiger charge is 2.16. The Kier molecular flexibility index (Phi) is 7.07. The van der Waals surface area contributed by atoms with Gasteiger partial charge in [-0.2, -0.15) is 0 Å². The van der Waals surface area contributed by atoms with Crippen LogP contribution in [0.4, 0.5) is 11.4 Å². The number of hydrogen-bond acceptors (Lipinski definition) is 6. The van der Waals surface area contributed by atoms with Gasteiger partial charge >= 0.3 is 0 Å². The van der Waals surface area contributed by atoms with Gasteiger partial charge in [0.1, 0.15) is 0 Å². The summed E-state index contributed by atoms with van der Waals surface area (Å²) in [5.41, 5.74) is 3.21. The third-order valence-corrected chi connectivity index (χ3v) is 5.86. The normalized spacial score (nSPS) is 10.6. The van der Waals surface area contributed by atoms with Crippen molar-refractivity contribution in [2.24, 2.45) is 0 Å². The van der Waals surface area contributed by atoms with Gasteiger partial charge in [-0.1, -0.05) is 59.8 Å². The summed E-state index contributed by atoms with van der Waals surface area (Å²) in [6.45, 7) is 1.89. The van der Waals surface area contributed by atoms with Crippen LogP contribution >= 0.6 is 23.4 Å². The van der Waals surface area contributed by atoms with Crippen LogP contribution in [-0.2, 0) is 4.79 Å². The summed E-state index contributed by atoms with van der Waals surface area (Å²) in [4.78, 5) is 24.8. The fourth-order valence-corrected chi connectivity index (χ4v) is 3.68. The molecule has 7 nitrogen and oxygen atoms in total. The van der Waals surface area contributed by atoms with E-state index in [0.717, 1.165) is 17.3 Å². The van der Waals surface area contributed by atoms with E-state index < -0.39 is 0 Å². The molecule has 3 aromatic carbocycles. The van der Waals surface area contributed by atoms with Crippen LogP contribution in [0.3, 0.4) is 0 Å². The number of nitrogens with one attached hydrogen (secondary N) is 2. The fraction of sp³-hybridized carbons (Fsp3) is 0.0833. The minimum Gasteiger partial charge on any atom is -0.411 e. The SMILES string of the molecule is Cc1ccc(NC(=O)CSc2nnc(-c3ccccc3NC(=O)c3ccccc3)o2)cc1Cl. The number of carbonyl (C=O) groups excluding carboxylic acids is 2. The molecule has 0 unspecified atom stereocenters. The Labute approximate surface area is 199 Å². The van der Waals surface area contributed by atoms with E-state index in [1.165, 1.54) is 0 Å². The topological polar surface area (TPSA) is 97.1 Å². The second-order valence-corrected chi connectivity index (χ2v) is 8.37. The van der Waals surface area contributed by atoms with Gasteiger partial charge in [-0.15, -0.1) is 10.2 Å². The molecule has 0 radical (unpaired) electrons. The van der Waals surface area contributed by atoms with E-state index in [4.69, 9.17) is 16.0 Å².